The quantitative estimate of drug-likeness (QED) is 0.298. The zero-order valence-electron chi connectivity index (χ0n) is 23.5. The van der Waals surface area contributed by atoms with Gasteiger partial charge in [-0.2, -0.15) is 0 Å². The van der Waals surface area contributed by atoms with Crippen LogP contribution in [-0.4, -0.2) is 32.7 Å². The Bertz CT molecular complexity index is 1080. The van der Waals surface area contributed by atoms with Gasteiger partial charge in [0.25, 0.3) is 0 Å². The van der Waals surface area contributed by atoms with Crippen molar-refractivity contribution in [1.82, 2.24) is 4.23 Å². The fourth-order valence-electron chi connectivity index (χ4n) is 5.47. The van der Waals surface area contributed by atoms with Crippen molar-refractivity contribution >= 4 is 33.2 Å². The molecule has 1 saturated carbocycles. The van der Waals surface area contributed by atoms with Crippen LogP contribution in [-0.2, 0) is 14.6 Å². The van der Waals surface area contributed by atoms with Crippen molar-refractivity contribution in [3.8, 4) is 0 Å². The Labute approximate surface area is 210 Å². The van der Waals surface area contributed by atoms with Crippen LogP contribution in [0.5, 0.6) is 0 Å². The summed E-state index contributed by atoms with van der Waals surface area (Å²) in [7, 11) is -3.67. The molecule has 0 aliphatic heterocycles. The lowest BCUT2D eigenvalue weighted by Crippen LogP contribution is -2.54. The number of carbonyl (C=O) groups excluding carboxylic acids is 1. The number of fused-ring (bicyclic) bond motifs is 1. The lowest BCUT2D eigenvalue weighted by atomic mass is 9.60. The van der Waals surface area contributed by atoms with Gasteiger partial charge in [-0.25, -0.2) is 0 Å². The lowest BCUT2D eigenvalue weighted by Gasteiger charge is -2.48. The van der Waals surface area contributed by atoms with Crippen LogP contribution in [0.2, 0.25) is 37.8 Å². The Balaban J connectivity index is 2.09. The highest BCUT2D eigenvalue weighted by atomic mass is 28.4. The predicted octanol–water partition coefficient (Wildman–Crippen LogP) is 8.16. The first-order valence-electron chi connectivity index (χ1n) is 12.8. The zero-order chi connectivity index (χ0) is 25.9. The molecule has 3 rings (SSSR count). The molecule has 34 heavy (non-hydrogen) atoms. The van der Waals surface area contributed by atoms with Crippen LogP contribution in [0.3, 0.4) is 0 Å². The van der Waals surface area contributed by atoms with Gasteiger partial charge < -0.3 is 8.66 Å². The van der Waals surface area contributed by atoms with Crippen LogP contribution in [0.1, 0.15) is 59.9 Å². The van der Waals surface area contributed by atoms with E-state index in [2.05, 4.69) is 116 Å². The van der Waals surface area contributed by atoms with Crippen molar-refractivity contribution in [2.45, 2.75) is 104 Å². The summed E-state index contributed by atoms with van der Waals surface area (Å²) in [5.74, 6) is 0.172. The molecule has 1 aromatic carbocycles. The Morgan fingerprint density at radius 2 is 1.71 bits per heavy atom. The van der Waals surface area contributed by atoms with Crippen molar-refractivity contribution in [1.29, 1.82) is 0 Å². The molecule has 1 aromatic heterocycles. The van der Waals surface area contributed by atoms with Crippen LogP contribution < -0.4 is 0 Å². The fourth-order valence-corrected chi connectivity index (χ4v) is 8.53. The topological polar surface area (TPSA) is 31.2 Å². The van der Waals surface area contributed by atoms with Gasteiger partial charge in [0.05, 0.1) is 0 Å². The molecule has 0 radical (unpaired) electrons. The first-order chi connectivity index (χ1) is 15.4. The van der Waals surface area contributed by atoms with Crippen molar-refractivity contribution < 1.29 is 9.22 Å². The molecule has 1 aliphatic carbocycles. The third kappa shape index (κ3) is 4.56. The molecule has 3 atom stereocenters. The average molecular weight is 498 g/mol. The molecule has 0 N–H and O–H groups in total. The molecule has 0 spiro atoms. The monoisotopic (exact) mass is 497 g/mol. The summed E-state index contributed by atoms with van der Waals surface area (Å²) in [5.41, 5.74) is 1.97. The van der Waals surface area contributed by atoms with Gasteiger partial charge in [0.15, 0.2) is 22.3 Å². The molecule has 1 heterocycles. The van der Waals surface area contributed by atoms with Gasteiger partial charge in [-0.1, -0.05) is 72.8 Å². The molecule has 0 amide bonds. The van der Waals surface area contributed by atoms with E-state index in [9.17, 15) is 4.79 Å². The zero-order valence-corrected chi connectivity index (χ0v) is 25.5. The number of hydrogen-bond donors (Lipinski definition) is 0. The van der Waals surface area contributed by atoms with Crippen molar-refractivity contribution in [3.63, 3.8) is 0 Å². The van der Waals surface area contributed by atoms with Gasteiger partial charge in [-0.05, 0) is 61.4 Å². The molecule has 0 bridgehead atoms. The molecule has 2 aromatic rings. The van der Waals surface area contributed by atoms with E-state index >= 15 is 0 Å². The molecule has 1 fully saturated rings. The summed E-state index contributed by atoms with van der Waals surface area (Å²) in [6, 6.07) is 8.95. The second-order valence-electron chi connectivity index (χ2n) is 13.8. The molecule has 3 nitrogen and oxygen atoms in total. The summed E-state index contributed by atoms with van der Waals surface area (Å²) < 4.78 is 9.10. The lowest BCUT2D eigenvalue weighted by molar-refractivity contribution is -0.141. The van der Waals surface area contributed by atoms with Crippen molar-refractivity contribution in [3.05, 3.63) is 48.7 Å². The van der Waals surface area contributed by atoms with Crippen LogP contribution in [0.15, 0.2) is 43.1 Å². The van der Waals surface area contributed by atoms with Crippen molar-refractivity contribution in [2.24, 2.45) is 11.3 Å². The Hall–Kier alpha value is -1.44. The SMILES string of the molecule is C=CC1(C)CCC(C(C)(C)c2cccc3c2ccn3[Si](C)(C)C(C)(C)C)C(=O)C1O[Si](C)(C)C. The predicted molar refractivity (Wildman–Crippen MR) is 152 cm³/mol. The first kappa shape index (κ1) is 27.2. The molecule has 0 saturated heterocycles. The highest BCUT2D eigenvalue weighted by molar-refractivity contribution is 6.79. The number of carbonyl (C=O) groups is 1. The minimum absolute atomic E-state index is 0.0799. The van der Waals surface area contributed by atoms with Crippen LogP contribution in [0, 0.1) is 11.3 Å². The minimum Gasteiger partial charge on any atom is -0.407 e. The number of Topliss-reactive ketones (excluding diaryl/α,β-unsaturated/α-hetero) is 1. The first-order valence-corrected chi connectivity index (χ1v) is 19.2. The second kappa shape index (κ2) is 8.60. The molecule has 3 unspecified atom stereocenters. The van der Waals surface area contributed by atoms with Crippen LogP contribution in [0.4, 0.5) is 0 Å². The van der Waals surface area contributed by atoms with Crippen LogP contribution >= 0.6 is 0 Å². The highest BCUT2D eigenvalue weighted by Gasteiger charge is 2.51. The minimum atomic E-state index is -1.91. The van der Waals surface area contributed by atoms with Gasteiger partial charge in [0.2, 0.25) is 0 Å². The summed E-state index contributed by atoms with van der Waals surface area (Å²) in [6.07, 6.45) is 5.62. The van der Waals surface area contributed by atoms with E-state index < -0.39 is 22.7 Å². The largest absolute Gasteiger partial charge is 0.407 e. The number of aromatic nitrogens is 1. The number of rotatable bonds is 6. The normalized spacial score (nSPS) is 25.1. The second-order valence-corrected chi connectivity index (χ2v) is 23.3. The van der Waals surface area contributed by atoms with Gasteiger partial charge >= 0.3 is 0 Å². The number of ketones is 1. The van der Waals surface area contributed by atoms with E-state index in [1.807, 2.05) is 6.08 Å². The maximum atomic E-state index is 14.1. The summed E-state index contributed by atoms with van der Waals surface area (Å²) >= 11 is 0. The van der Waals surface area contributed by atoms with E-state index in [0.29, 0.717) is 0 Å². The molecule has 5 heteroatoms. The Kier molecular flexibility index (Phi) is 6.87. The molecule has 188 valence electrons. The van der Waals surface area contributed by atoms with E-state index in [4.69, 9.17) is 4.43 Å². The Morgan fingerprint density at radius 3 is 2.24 bits per heavy atom. The maximum Gasteiger partial charge on any atom is 0.184 e. The van der Waals surface area contributed by atoms with Crippen molar-refractivity contribution in [2.75, 3.05) is 0 Å². The molecular weight excluding hydrogens is 450 g/mol. The van der Waals surface area contributed by atoms with Crippen LogP contribution in [0.25, 0.3) is 10.9 Å². The number of benzene rings is 1. The third-order valence-electron chi connectivity index (χ3n) is 8.85. The van der Waals surface area contributed by atoms with E-state index in [-0.39, 0.29) is 27.6 Å². The van der Waals surface area contributed by atoms with E-state index in [1.165, 1.54) is 16.5 Å². The number of hydrogen-bond acceptors (Lipinski definition) is 2. The summed E-state index contributed by atoms with van der Waals surface area (Å²) in [6.45, 7) is 29.2. The average Bonchev–Trinajstić information content (AvgIpc) is 3.14. The smallest absolute Gasteiger partial charge is 0.184 e. The van der Waals surface area contributed by atoms with Gasteiger partial charge in [0.1, 0.15) is 6.10 Å². The highest BCUT2D eigenvalue weighted by Crippen LogP contribution is 2.49. The third-order valence-corrected chi connectivity index (χ3v) is 15.1. The maximum absolute atomic E-state index is 14.1. The van der Waals surface area contributed by atoms with Gasteiger partial charge in [-0.15, -0.1) is 6.58 Å². The molecular formula is C29H47NO2Si2. The fraction of sp³-hybridized carbons (Fsp3) is 0.621. The van der Waals surface area contributed by atoms with Gasteiger partial charge in [-0.3, -0.25) is 4.79 Å². The van der Waals surface area contributed by atoms with Gasteiger partial charge in [0, 0.05) is 27.7 Å². The molecule has 1 aliphatic rings. The number of nitrogens with zero attached hydrogens (tertiary/aromatic N) is 1. The van der Waals surface area contributed by atoms with E-state index in [1.54, 1.807) is 0 Å². The Morgan fingerprint density at radius 1 is 1.09 bits per heavy atom. The summed E-state index contributed by atoms with van der Waals surface area (Å²) in [4.78, 5) is 14.1. The van der Waals surface area contributed by atoms with E-state index in [0.717, 1.165) is 12.8 Å². The standard InChI is InChI=1S/C29H47NO2Si2/c1-13-29(7)19-17-23(25(31)26(29)32-33(8,9)10)28(5,6)22-15-14-16-24-21(22)18-20-30(24)34(11,12)27(2,3)4/h13-16,18,20,23,26H,1,17,19H2,2-12H3. The summed E-state index contributed by atoms with van der Waals surface area (Å²) in [5, 5.41) is 1.52.